The Bertz CT molecular complexity index is 757. The van der Waals surface area contributed by atoms with E-state index in [1.165, 1.54) is 6.08 Å². The van der Waals surface area contributed by atoms with Crippen LogP contribution in [-0.4, -0.2) is 41.1 Å². The van der Waals surface area contributed by atoms with Crippen molar-refractivity contribution in [1.82, 2.24) is 4.72 Å². The standard InChI is InChI=1S/C20H35NO4SSi/c1-15-12-16(2)19(17(3)13-15)26(23,24)21-18(10-9-11-22)14-25-27(7,8)20(4,5)6/h9-10,12-13,18,21-22H,11,14H2,1-8H3/b10-9+/t18-/m1/s1. The molecule has 1 atom stereocenters. The fourth-order valence-electron chi connectivity index (χ4n) is 2.72. The van der Waals surface area contributed by atoms with Gasteiger partial charge in [-0.25, -0.2) is 13.1 Å². The number of aryl methyl sites for hydroxylation is 3. The number of hydrogen-bond acceptors (Lipinski definition) is 4. The molecule has 154 valence electrons. The Kier molecular flexibility index (Phi) is 8.02. The molecule has 0 heterocycles. The monoisotopic (exact) mass is 413 g/mol. The van der Waals surface area contributed by atoms with Gasteiger partial charge in [0.2, 0.25) is 10.0 Å². The number of sulfonamides is 1. The molecule has 0 saturated heterocycles. The number of benzene rings is 1. The van der Waals surface area contributed by atoms with Crippen LogP contribution in [0, 0.1) is 20.8 Å². The first-order valence-electron chi connectivity index (χ1n) is 9.23. The van der Waals surface area contributed by atoms with E-state index in [0.717, 1.165) is 16.7 Å². The van der Waals surface area contributed by atoms with Crippen molar-refractivity contribution in [3.8, 4) is 0 Å². The number of aliphatic hydroxyl groups is 1. The highest BCUT2D eigenvalue weighted by Gasteiger charge is 2.37. The molecular formula is C20H35NO4SSi. The van der Waals surface area contributed by atoms with Crippen LogP contribution in [0.1, 0.15) is 37.5 Å². The molecule has 1 aromatic carbocycles. The van der Waals surface area contributed by atoms with Gasteiger partial charge in [-0.05, 0) is 50.0 Å². The zero-order chi connectivity index (χ0) is 21.0. The largest absolute Gasteiger partial charge is 0.415 e. The normalized spacial score (nSPS) is 14.7. The molecule has 0 unspecified atom stereocenters. The van der Waals surface area contributed by atoms with Crippen LogP contribution in [0.4, 0.5) is 0 Å². The first kappa shape index (κ1) is 24.0. The predicted molar refractivity (Wildman–Crippen MR) is 114 cm³/mol. The van der Waals surface area contributed by atoms with Gasteiger partial charge in [0.05, 0.1) is 24.2 Å². The SMILES string of the molecule is Cc1cc(C)c(S(=O)(=O)N[C@H](/C=C/CO)CO[Si](C)(C)C(C)(C)C)c(C)c1. The molecule has 7 heteroatoms. The van der Waals surface area contributed by atoms with Crippen LogP contribution >= 0.6 is 0 Å². The lowest BCUT2D eigenvalue weighted by Crippen LogP contribution is -2.45. The van der Waals surface area contributed by atoms with Crippen molar-refractivity contribution in [2.45, 2.75) is 70.6 Å². The van der Waals surface area contributed by atoms with E-state index in [-0.39, 0.29) is 18.3 Å². The summed E-state index contributed by atoms with van der Waals surface area (Å²) in [5.41, 5.74) is 2.47. The highest BCUT2D eigenvalue weighted by Crippen LogP contribution is 2.36. The topological polar surface area (TPSA) is 75.6 Å². The van der Waals surface area contributed by atoms with Gasteiger partial charge in [0.1, 0.15) is 0 Å². The van der Waals surface area contributed by atoms with Crippen LogP contribution in [0.3, 0.4) is 0 Å². The Labute approximate surface area is 166 Å². The van der Waals surface area contributed by atoms with Crippen molar-refractivity contribution in [3.63, 3.8) is 0 Å². The maximum Gasteiger partial charge on any atom is 0.241 e. The third-order valence-corrected chi connectivity index (χ3v) is 11.4. The zero-order valence-electron chi connectivity index (χ0n) is 17.9. The van der Waals surface area contributed by atoms with Crippen molar-refractivity contribution < 1.29 is 18.0 Å². The van der Waals surface area contributed by atoms with E-state index in [9.17, 15) is 8.42 Å². The summed E-state index contributed by atoms with van der Waals surface area (Å²) in [5, 5.41) is 9.14. The molecule has 0 fully saturated rings. The van der Waals surface area contributed by atoms with Crippen LogP contribution < -0.4 is 4.72 Å². The van der Waals surface area contributed by atoms with Gasteiger partial charge in [0.25, 0.3) is 0 Å². The van der Waals surface area contributed by atoms with Gasteiger partial charge in [0, 0.05) is 0 Å². The summed E-state index contributed by atoms with van der Waals surface area (Å²) in [6.45, 7) is 16.3. The lowest BCUT2D eigenvalue weighted by molar-refractivity contribution is 0.271. The molecule has 0 aliphatic rings. The molecule has 1 aromatic rings. The quantitative estimate of drug-likeness (QED) is 0.502. The second-order valence-electron chi connectivity index (χ2n) is 8.64. The van der Waals surface area contributed by atoms with Gasteiger partial charge in [-0.3, -0.25) is 0 Å². The Morgan fingerprint density at radius 1 is 1.19 bits per heavy atom. The maximum absolute atomic E-state index is 13.0. The van der Waals surface area contributed by atoms with Crippen molar-refractivity contribution in [3.05, 3.63) is 41.0 Å². The Balaban J connectivity index is 3.11. The zero-order valence-corrected chi connectivity index (χ0v) is 19.7. The van der Waals surface area contributed by atoms with E-state index in [1.54, 1.807) is 19.9 Å². The van der Waals surface area contributed by atoms with E-state index >= 15 is 0 Å². The summed E-state index contributed by atoms with van der Waals surface area (Å²) >= 11 is 0. The van der Waals surface area contributed by atoms with Gasteiger partial charge in [-0.2, -0.15) is 0 Å². The van der Waals surface area contributed by atoms with Gasteiger partial charge >= 0.3 is 0 Å². The van der Waals surface area contributed by atoms with Crippen molar-refractivity contribution in [2.75, 3.05) is 13.2 Å². The fourth-order valence-corrected chi connectivity index (χ4v) is 5.38. The minimum Gasteiger partial charge on any atom is -0.415 e. The predicted octanol–water partition coefficient (Wildman–Crippen LogP) is 3.83. The molecule has 0 radical (unpaired) electrons. The molecule has 0 aromatic heterocycles. The Hall–Kier alpha value is -0.993. The van der Waals surface area contributed by atoms with Crippen molar-refractivity contribution in [1.29, 1.82) is 0 Å². The minimum absolute atomic E-state index is 0.0290. The van der Waals surface area contributed by atoms with E-state index < -0.39 is 24.4 Å². The van der Waals surface area contributed by atoms with E-state index in [0.29, 0.717) is 4.90 Å². The minimum atomic E-state index is -3.72. The third kappa shape index (κ3) is 6.53. The summed E-state index contributed by atoms with van der Waals surface area (Å²) in [5.74, 6) is 0. The highest BCUT2D eigenvalue weighted by molar-refractivity contribution is 7.89. The number of aliphatic hydroxyl groups excluding tert-OH is 1. The van der Waals surface area contributed by atoms with Crippen LogP contribution in [-0.2, 0) is 14.4 Å². The van der Waals surface area contributed by atoms with Gasteiger partial charge in [-0.1, -0.05) is 50.6 Å². The third-order valence-electron chi connectivity index (χ3n) is 5.08. The molecular weight excluding hydrogens is 378 g/mol. The lowest BCUT2D eigenvalue weighted by Gasteiger charge is -2.37. The molecule has 0 amide bonds. The Morgan fingerprint density at radius 2 is 1.70 bits per heavy atom. The maximum atomic E-state index is 13.0. The molecule has 1 rings (SSSR count). The molecule has 0 saturated carbocycles. The summed E-state index contributed by atoms with van der Waals surface area (Å²) in [7, 11) is -5.74. The Morgan fingerprint density at radius 3 is 2.15 bits per heavy atom. The summed E-state index contributed by atoms with van der Waals surface area (Å²) < 4.78 is 35.0. The van der Waals surface area contributed by atoms with E-state index in [2.05, 4.69) is 38.6 Å². The van der Waals surface area contributed by atoms with Crippen LogP contribution in [0.15, 0.2) is 29.2 Å². The number of hydrogen-bond donors (Lipinski definition) is 2. The first-order valence-corrected chi connectivity index (χ1v) is 13.6. The second-order valence-corrected chi connectivity index (χ2v) is 15.1. The van der Waals surface area contributed by atoms with E-state index in [1.807, 2.05) is 19.1 Å². The molecule has 0 spiro atoms. The fraction of sp³-hybridized carbons (Fsp3) is 0.600. The van der Waals surface area contributed by atoms with Crippen molar-refractivity contribution in [2.24, 2.45) is 0 Å². The van der Waals surface area contributed by atoms with Gasteiger partial charge in [-0.15, -0.1) is 0 Å². The average Bonchev–Trinajstić information content (AvgIpc) is 2.47. The molecule has 0 bridgehead atoms. The molecule has 0 aliphatic carbocycles. The first-order chi connectivity index (χ1) is 12.2. The van der Waals surface area contributed by atoms with Crippen LogP contribution in [0.2, 0.25) is 18.1 Å². The lowest BCUT2D eigenvalue weighted by atomic mass is 10.1. The highest BCUT2D eigenvalue weighted by atomic mass is 32.2. The smallest absolute Gasteiger partial charge is 0.241 e. The molecule has 2 N–H and O–H groups in total. The molecule has 0 aliphatic heterocycles. The van der Waals surface area contributed by atoms with Crippen molar-refractivity contribution >= 4 is 18.3 Å². The number of nitrogens with one attached hydrogen (secondary N) is 1. The average molecular weight is 414 g/mol. The van der Waals surface area contributed by atoms with Gasteiger partial charge in [0.15, 0.2) is 8.32 Å². The van der Waals surface area contributed by atoms with Crippen LogP contribution in [0.5, 0.6) is 0 Å². The second kappa shape index (κ2) is 9.00. The number of rotatable bonds is 8. The van der Waals surface area contributed by atoms with Crippen LogP contribution in [0.25, 0.3) is 0 Å². The van der Waals surface area contributed by atoms with E-state index in [4.69, 9.17) is 9.53 Å². The van der Waals surface area contributed by atoms with Gasteiger partial charge < -0.3 is 9.53 Å². The molecule has 27 heavy (non-hydrogen) atoms. The summed E-state index contributed by atoms with van der Waals surface area (Å²) in [6.07, 6.45) is 3.20. The summed E-state index contributed by atoms with van der Waals surface area (Å²) in [4.78, 5) is 0.308. The summed E-state index contributed by atoms with van der Waals surface area (Å²) in [6, 6.07) is 3.19. The molecule has 5 nitrogen and oxygen atoms in total.